The van der Waals surface area contributed by atoms with Gasteiger partial charge in [-0.2, -0.15) is 0 Å². The average Bonchev–Trinajstić information content (AvgIpc) is 2.82. The minimum atomic E-state index is -0.752. The summed E-state index contributed by atoms with van der Waals surface area (Å²) in [4.78, 5) is 10.8. The Morgan fingerprint density at radius 3 is 2.93 bits per heavy atom. The van der Waals surface area contributed by atoms with Crippen molar-refractivity contribution in [2.45, 2.75) is 36.7 Å². The van der Waals surface area contributed by atoms with Crippen LogP contribution in [-0.4, -0.2) is 11.1 Å². The van der Waals surface area contributed by atoms with E-state index in [9.17, 15) is 4.79 Å². The molecule has 1 N–H and O–H groups in total. The number of aliphatic carboxylic acids is 1. The van der Waals surface area contributed by atoms with Crippen molar-refractivity contribution in [2.75, 3.05) is 0 Å². The summed E-state index contributed by atoms with van der Waals surface area (Å²) in [6, 6.07) is 0. The van der Waals surface area contributed by atoms with Crippen molar-refractivity contribution >= 4 is 17.7 Å². The number of carboxylic acid groups (broad SMARTS) is 1. The Morgan fingerprint density at radius 1 is 1.47 bits per heavy atom. The van der Waals surface area contributed by atoms with Gasteiger partial charge in [-0.05, 0) is 12.8 Å². The molecule has 0 unspecified atom stereocenters. The fourth-order valence-electron chi connectivity index (χ4n) is 2.12. The monoisotopic (exact) mass is 224 g/mol. The molecule has 0 atom stereocenters. The molecular formula is C11H12O3S. The van der Waals surface area contributed by atoms with Crippen molar-refractivity contribution in [1.29, 1.82) is 0 Å². The first-order chi connectivity index (χ1) is 7.25. The van der Waals surface area contributed by atoms with E-state index in [-0.39, 0.29) is 6.42 Å². The lowest BCUT2D eigenvalue weighted by Crippen LogP contribution is -2.03. The molecule has 1 aromatic heterocycles. The standard InChI is InChI=1S/C11H12O3S/c12-10(13)3-7-8-4-15-5-9(8)14-11(7)6-1-2-6/h6H,1-5H2,(H,12,13). The van der Waals surface area contributed by atoms with Crippen LogP contribution in [0.3, 0.4) is 0 Å². The topological polar surface area (TPSA) is 50.4 Å². The largest absolute Gasteiger partial charge is 0.481 e. The van der Waals surface area contributed by atoms with Crippen LogP contribution in [-0.2, 0) is 22.7 Å². The number of carbonyl (C=O) groups is 1. The summed E-state index contributed by atoms with van der Waals surface area (Å²) in [7, 11) is 0. The molecule has 0 saturated heterocycles. The average molecular weight is 224 g/mol. The highest BCUT2D eigenvalue weighted by atomic mass is 32.2. The van der Waals surface area contributed by atoms with Gasteiger partial charge in [-0.1, -0.05) is 0 Å². The van der Waals surface area contributed by atoms with Gasteiger partial charge in [0.15, 0.2) is 0 Å². The van der Waals surface area contributed by atoms with Gasteiger partial charge in [0.2, 0.25) is 0 Å². The highest BCUT2D eigenvalue weighted by Gasteiger charge is 2.34. The lowest BCUT2D eigenvalue weighted by atomic mass is 10.0. The van der Waals surface area contributed by atoms with Gasteiger partial charge >= 0.3 is 5.97 Å². The molecule has 0 radical (unpaired) electrons. The van der Waals surface area contributed by atoms with Crippen LogP contribution in [0.15, 0.2) is 4.42 Å². The summed E-state index contributed by atoms with van der Waals surface area (Å²) in [5.74, 6) is 3.59. The van der Waals surface area contributed by atoms with Crippen LogP contribution in [0.25, 0.3) is 0 Å². The van der Waals surface area contributed by atoms with Gasteiger partial charge in [0.25, 0.3) is 0 Å². The van der Waals surface area contributed by atoms with Crippen molar-refractivity contribution in [1.82, 2.24) is 0 Å². The second kappa shape index (κ2) is 3.30. The molecule has 0 aromatic carbocycles. The third-order valence-corrected chi connectivity index (χ3v) is 3.95. The van der Waals surface area contributed by atoms with Crippen LogP contribution in [0.1, 0.15) is 41.4 Å². The molecule has 0 bridgehead atoms. The van der Waals surface area contributed by atoms with E-state index in [1.807, 2.05) is 0 Å². The van der Waals surface area contributed by atoms with Crippen molar-refractivity contribution in [3.05, 3.63) is 22.6 Å². The molecule has 80 valence electrons. The van der Waals surface area contributed by atoms with E-state index in [1.54, 1.807) is 11.8 Å². The molecule has 1 aromatic rings. The molecule has 3 nitrogen and oxygen atoms in total. The Bertz CT molecular complexity index is 418. The Balaban J connectivity index is 2.02. The zero-order chi connectivity index (χ0) is 10.4. The van der Waals surface area contributed by atoms with Gasteiger partial charge in [0, 0.05) is 22.8 Å². The van der Waals surface area contributed by atoms with E-state index in [1.165, 1.54) is 5.56 Å². The summed E-state index contributed by atoms with van der Waals surface area (Å²) in [6.45, 7) is 0. The minimum Gasteiger partial charge on any atom is -0.481 e. The van der Waals surface area contributed by atoms with Crippen LogP contribution < -0.4 is 0 Å². The fourth-order valence-corrected chi connectivity index (χ4v) is 3.18. The zero-order valence-corrected chi connectivity index (χ0v) is 9.10. The maximum absolute atomic E-state index is 10.8. The summed E-state index contributed by atoms with van der Waals surface area (Å²) in [5, 5.41) is 8.89. The lowest BCUT2D eigenvalue weighted by Gasteiger charge is -2.00. The summed E-state index contributed by atoms with van der Waals surface area (Å²) in [5.41, 5.74) is 2.15. The van der Waals surface area contributed by atoms with Crippen molar-refractivity contribution < 1.29 is 14.3 Å². The maximum Gasteiger partial charge on any atom is 0.307 e. The predicted octanol–water partition coefficient (Wildman–Crippen LogP) is 2.53. The van der Waals surface area contributed by atoms with E-state index in [0.29, 0.717) is 5.92 Å². The molecule has 1 aliphatic heterocycles. The summed E-state index contributed by atoms with van der Waals surface area (Å²) in [6.07, 6.45) is 2.45. The zero-order valence-electron chi connectivity index (χ0n) is 8.28. The van der Waals surface area contributed by atoms with Crippen LogP contribution in [0.4, 0.5) is 0 Å². The van der Waals surface area contributed by atoms with E-state index in [4.69, 9.17) is 9.52 Å². The summed E-state index contributed by atoms with van der Waals surface area (Å²) < 4.78 is 5.80. The van der Waals surface area contributed by atoms with E-state index in [2.05, 4.69) is 0 Å². The second-order valence-electron chi connectivity index (χ2n) is 4.18. The Hall–Kier alpha value is -0.900. The van der Waals surface area contributed by atoms with E-state index >= 15 is 0 Å². The molecule has 2 aliphatic rings. The predicted molar refractivity (Wildman–Crippen MR) is 57.0 cm³/mol. The first-order valence-electron chi connectivity index (χ1n) is 5.18. The van der Waals surface area contributed by atoms with Gasteiger partial charge in [-0.15, -0.1) is 11.8 Å². The highest BCUT2D eigenvalue weighted by molar-refractivity contribution is 7.98. The van der Waals surface area contributed by atoms with Gasteiger partial charge in [-0.3, -0.25) is 4.79 Å². The molecule has 15 heavy (non-hydrogen) atoms. The fraction of sp³-hybridized carbons (Fsp3) is 0.545. The number of thioether (sulfide) groups is 1. The minimum absolute atomic E-state index is 0.130. The molecule has 1 aliphatic carbocycles. The van der Waals surface area contributed by atoms with Crippen LogP contribution in [0, 0.1) is 0 Å². The first-order valence-corrected chi connectivity index (χ1v) is 6.34. The third-order valence-electron chi connectivity index (χ3n) is 2.99. The second-order valence-corrected chi connectivity index (χ2v) is 5.17. The van der Waals surface area contributed by atoms with Crippen LogP contribution in [0.5, 0.6) is 0 Å². The molecule has 1 fully saturated rings. The van der Waals surface area contributed by atoms with Gasteiger partial charge < -0.3 is 9.52 Å². The smallest absolute Gasteiger partial charge is 0.307 e. The molecular weight excluding hydrogens is 212 g/mol. The molecule has 2 heterocycles. The highest BCUT2D eigenvalue weighted by Crippen LogP contribution is 2.47. The Morgan fingerprint density at radius 2 is 2.27 bits per heavy atom. The normalized spacial score (nSPS) is 19.2. The third kappa shape index (κ3) is 1.57. The van der Waals surface area contributed by atoms with Crippen LogP contribution >= 0.6 is 11.8 Å². The molecule has 3 rings (SSSR count). The number of carboxylic acids is 1. The summed E-state index contributed by atoms with van der Waals surface area (Å²) >= 11 is 1.80. The number of hydrogen-bond donors (Lipinski definition) is 1. The van der Waals surface area contributed by atoms with Gasteiger partial charge in [0.05, 0.1) is 12.2 Å². The Kier molecular flexibility index (Phi) is 2.06. The van der Waals surface area contributed by atoms with E-state index in [0.717, 1.165) is 41.4 Å². The van der Waals surface area contributed by atoms with Gasteiger partial charge in [0.1, 0.15) is 11.5 Å². The number of hydrogen-bond acceptors (Lipinski definition) is 3. The van der Waals surface area contributed by atoms with Gasteiger partial charge in [-0.25, -0.2) is 0 Å². The van der Waals surface area contributed by atoms with Crippen molar-refractivity contribution in [3.63, 3.8) is 0 Å². The van der Waals surface area contributed by atoms with E-state index < -0.39 is 5.97 Å². The molecule has 1 saturated carbocycles. The number of rotatable bonds is 3. The van der Waals surface area contributed by atoms with Crippen LogP contribution in [0.2, 0.25) is 0 Å². The first kappa shape index (κ1) is 9.33. The lowest BCUT2D eigenvalue weighted by molar-refractivity contribution is -0.136. The number of furan rings is 1. The SMILES string of the molecule is O=C(O)Cc1c(C2CC2)oc2c1CSC2. The Labute approximate surface area is 91.8 Å². The van der Waals surface area contributed by atoms with Crippen molar-refractivity contribution in [3.8, 4) is 0 Å². The number of fused-ring (bicyclic) bond motifs is 1. The quantitative estimate of drug-likeness (QED) is 0.857. The molecule has 0 amide bonds. The molecule has 4 heteroatoms. The maximum atomic E-state index is 10.8. The molecule has 0 spiro atoms. The van der Waals surface area contributed by atoms with Crippen molar-refractivity contribution in [2.24, 2.45) is 0 Å².